The van der Waals surface area contributed by atoms with Crippen LogP contribution >= 0.6 is 0 Å². The minimum absolute atomic E-state index is 0.0494. The van der Waals surface area contributed by atoms with E-state index in [0.717, 1.165) is 24.9 Å². The average molecular weight is 372 g/mol. The van der Waals surface area contributed by atoms with Crippen molar-refractivity contribution in [2.24, 2.45) is 0 Å². The molecule has 2 fully saturated rings. The Morgan fingerprint density at radius 3 is 2.22 bits per heavy atom. The Hall–Kier alpha value is -2.41. The second kappa shape index (κ2) is 8.52. The van der Waals surface area contributed by atoms with Gasteiger partial charge >= 0.3 is 0 Å². The molecule has 2 aliphatic heterocycles. The van der Waals surface area contributed by atoms with E-state index >= 15 is 0 Å². The van der Waals surface area contributed by atoms with Crippen molar-refractivity contribution >= 4 is 17.7 Å². The number of nitrogens with zero attached hydrogens (tertiary/aromatic N) is 3. The van der Waals surface area contributed by atoms with Crippen molar-refractivity contribution in [1.29, 1.82) is 0 Å². The van der Waals surface area contributed by atoms with Crippen molar-refractivity contribution < 1.29 is 14.4 Å². The number of rotatable bonds is 4. The van der Waals surface area contributed by atoms with Gasteiger partial charge in [0.25, 0.3) is 0 Å². The van der Waals surface area contributed by atoms with Crippen molar-refractivity contribution in [3.63, 3.8) is 0 Å². The highest BCUT2D eigenvalue weighted by molar-refractivity contribution is 5.86. The van der Waals surface area contributed by atoms with Crippen LogP contribution in [-0.4, -0.2) is 78.2 Å². The van der Waals surface area contributed by atoms with Gasteiger partial charge in [0.05, 0.1) is 6.04 Å². The minimum Gasteiger partial charge on any atom is -0.358 e. The van der Waals surface area contributed by atoms with Gasteiger partial charge in [-0.25, -0.2) is 0 Å². The standard InChI is InChI=1S/C20H28N4O3/c1-15(25)22-11-13-23(14-12-22)20(27)17-9-6-10-24(17)18(19(26)21-2)16-7-4-3-5-8-16/h3-5,7-8,17-18H,6,9-14H2,1-2H3,(H,21,26). The molecule has 0 spiro atoms. The summed E-state index contributed by atoms with van der Waals surface area (Å²) in [6.45, 7) is 4.54. The van der Waals surface area contributed by atoms with Crippen LogP contribution in [0.15, 0.2) is 30.3 Å². The van der Waals surface area contributed by atoms with Gasteiger partial charge in [-0.1, -0.05) is 30.3 Å². The largest absolute Gasteiger partial charge is 0.358 e. The number of hydrogen-bond donors (Lipinski definition) is 1. The van der Waals surface area contributed by atoms with Crippen LogP contribution in [0.1, 0.15) is 31.4 Å². The van der Waals surface area contributed by atoms with E-state index in [-0.39, 0.29) is 23.8 Å². The number of likely N-dealkylation sites (N-methyl/N-ethyl adjacent to an activating group) is 1. The van der Waals surface area contributed by atoms with Crippen LogP contribution in [-0.2, 0) is 14.4 Å². The predicted octanol–water partition coefficient (Wildman–Crippen LogP) is 0.629. The summed E-state index contributed by atoms with van der Waals surface area (Å²) in [7, 11) is 1.63. The van der Waals surface area contributed by atoms with Crippen LogP contribution in [0.3, 0.4) is 0 Å². The number of benzene rings is 1. The molecule has 2 atom stereocenters. The van der Waals surface area contributed by atoms with E-state index in [4.69, 9.17) is 0 Å². The molecule has 27 heavy (non-hydrogen) atoms. The predicted molar refractivity (Wildman–Crippen MR) is 102 cm³/mol. The number of amides is 3. The molecule has 0 aromatic heterocycles. The van der Waals surface area contributed by atoms with Crippen LogP contribution in [0.2, 0.25) is 0 Å². The molecule has 2 aliphatic rings. The Morgan fingerprint density at radius 2 is 1.63 bits per heavy atom. The highest BCUT2D eigenvalue weighted by Crippen LogP contribution is 2.31. The number of hydrogen-bond acceptors (Lipinski definition) is 4. The molecule has 2 unspecified atom stereocenters. The van der Waals surface area contributed by atoms with Crippen molar-refractivity contribution in [2.45, 2.75) is 31.8 Å². The second-order valence-corrected chi connectivity index (χ2v) is 7.15. The average Bonchev–Trinajstić information content (AvgIpc) is 3.17. The molecule has 3 amide bonds. The van der Waals surface area contributed by atoms with Gasteiger partial charge in [0.15, 0.2) is 0 Å². The molecule has 2 saturated heterocycles. The highest BCUT2D eigenvalue weighted by atomic mass is 16.2. The summed E-state index contributed by atoms with van der Waals surface area (Å²) in [6.07, 6.45) is 1.65. The lowest BCUT2D eigenvalue weighted by molar-refractivity contribution is -0.143. The molecule has 2 heterocycles. The molecule has 0 radical (unpaired) electrons. The van der Waals surface area contributed by atoms with Gasteiger partial charge in [-0.2, -0.15) is 0 Å². The third-order valence-electron chi connectivity index (χ3n) is 5.56. The van der Waals surface area contributed by atoms with Crippen LogP contribution in [0.4, 0.5) is 0 Å². The fraction of sp³-hybridized carbons (Fsp3) is 0.550. The first-order valence-electron chi connectivity index (χ1n) is 9.59. The Bertz CT molecular complexity index is 686. The van der Waals surface area contributed by atoms with E-state index < -0.39 is 6.04 Å². The molecule has 7 heteroatoms. The first-order chi connectivity index (χ1) is 13.0. The molecule has 3 rings (SSSR count). The fourth-order valence-corrected chi connectivity index (χ4v) is 4.08. The topological polar surface area (TPSA) is 73.0 Å². The molecule has 0 saturated carbocycles. The van der Waals surface area contributed by atoms with Gasteiger partial charge in [-0.3, -0.25) is 19.3 Å². The first-order valence-corrected chi connectivity index (χ1v) is 9.59. The molecule has 146 valence electrons. The summed E-state index contributed by atoms with van der Waals surface area (Å²) in [5, 5.41) is 2.75. The summed E-state index contributed by atoms with van der Waals surface area (Å²) >= 11 is 0. The summed E-state index contributed by atoms with van der Waals surface area (Å²) < 4.78 is 0. The Kier molecular flexibility index (Phi) is 6.11. The quantitative estimate of drug-likeness (QED) is 0.841. The van der Waals surface area contributed by atoms with Crippen LogP contribution in [0, 0.1) is 0 Å². The van der Waals surface area contributed by atoms with Gasteiger partial charge in [0.1, 0.15) is 6.04 Å². The molecule has 1 aromatic rings. The number of carbonyl (C=O) groups excluding carboxylic acids is 3. The lowest BCUT2D eigenvalue weighted by Gasteiger charge is -2.38. The van der Waals surface area contributed by atoms with Gasteiger partial charge < -0.3 is 15.1 Å². The first kappa shape index (κ1) is 19.4. The zero-order valence-corrected chi connectivity index (χ0v) is 16.1. The van der Waals surface area contributed by atoms with Gasteiger partial charge in [0, 0.05) is 46.7 Å². The number of likely N-dealkylation sites (tertiary alicyclic amines) is 1. The second-order valence-electron chi connectivity index (χ2n) is 7.15. The maximum atomic E-state index is 13.2. The lowest BCUT2D eigenvalue weighted by Crippen LogP contribution is -2.55. The third kappa shape index (κ3) is 4.13. The molecule has 1 aromatic carbocycles. The molecular weight excluding hydrogens is 344 g/mol. The zero-order valence-electron chi connectivity index (χ0n) is 16.1. The zero-order chi connectivity index (χ0) is 19.4. The summed E-state index contributed by atoms with van der Waals surface area (Å²) in [5.41, 5.74) is 0.901. The summed E-state index contributed by atoms with van der Waals surface area (Å²) in [4.78, 5) is 43.0. The normalized spacial score (nSPS) is 21.8. The smallest absolute Gasteiger partial charge is 0.241 e. The Morgan fingerprint density at radius 1 is 1.00 bits per heavy atom. The Balaban J connectivity index is 1.76. The van der Waals surface area contributed by atoms with E-state index in [1.165, 1.54) is 0 Å². The van der Waals surface area contributed by atoms with Crippen molar-refractivity contribution in [3.8, 4) is 0 Å². The van der Waals surface area contributed by atoms with E-state index in [1.54, 1.807) is 18.9 Å². The number of carbonyl (C=O) groups is 3. The summed E-state index contributed by atoms with van der Waals surface area (Å²) in [5.74, 6) is 0.0242. The molecular formula is C20H28N4O3. The fourth-order valence-electron chi connectivity index (χ4n) is 4.08. The molecule has 0 aliphatic carbocycles. The van der Waals surface area contributed by atoms with E-state index in [0.29, 0.717) is 26.2 Å². The van der Waals surface area contributed by atoms with Crippen molar-refractivity contribution in [1.82, 2.24) is 20.0 Å². The maximum Gasteiger partial charge on any atom is 0.241 e. The highest BCUT2D eigenvalue weighted by Gasteiger charge is 2.41. The van der Waals surface area contributed by atoms with E-state index in [2.05, 4.69) is 5.32 Å². The lowest BCUT2D eigenvalue weighted by atomic mass is 10.0. The maximum absolute atomic E-state index is 13.2. The van der Waals surface area contributed by atoms with Crippen LogP contribution in [0.25, 0.3) is 0 Å². The summed E-state index contributed by atoms with van der Waals surface area (Å²) in [6, 6.07) is 8.86. The van der Waals surface area contributed by atoms with Crippen LogP contribution in [0.5, 0.6) is 0 Å². The monoisotopic (exact) mass is 372 g/mol. The van der Waals surface area contributed by atoms with Crippen LogP contribution < -0.4 is 5.32 Å². The molecule has 1 N–H and O–H groups in total. The minimum atomic E-state index is -0.467. The van der Waals surface area contributed by atoms with Gasteiger partial charge in [0.2, 0.25) is 17.7 Å². The van der Waals surface area contributed by atoms with Gasteiger partial charge in [-0.15, -0.1) is 0 Å². The van der Waals surface area contributed by atoms with E-state index in [1.807, 2.05) is 40.1 Å². The Labute approximate surface area is 160 Å². The van der Waals surface area contributed by atoms with Crippen molar-refractivity contribution in [2.75, 3.05) is 39.8 Å². The third-order valence-corrected chi connectivity index (χ3v) is 5.56. The number of piperazine rings is 1. The molecule has 7 nitrogen and oxygen atoms in total. The van der Waals surface area contributed by atoms with Gasteiger partial charge in [-0.05, 0) is 18.4 Å². The molecule has 0 bridgehead atoms. The van der Waals surface area contributed by atoms with Crippen molar-refractivity contribution in [3.05, 3.63) is 35.9 Å². The SMILES string of the molecule is CNC(=O)C(c1ccccc1)N1CCCC1C(=O)N1CCN(C(C)=O)CC1. The van der Waals surface area contributed by atoms with E-state index in [9.17, 15) is 14.4 Å². The number of nitrogens with one attached hydrogen (secondary N) is 1.